The summed E-state index contributed by atoms with van der Waals surface area (Å²) in [5, 5.41) is 4.41. The lowest BCUT2D eigenvalue weighted by Crippen LogP contribution is -2.17. The van der Waals surface area contributed by atoms with Crippen LogP contribution in [0.4, 0.5) is 0 Å². The molecule has 0 amide bonds. The smallest absolute Gasteiger partial charge is 0.0795 e. The van der Waals surface area contributed by atoms with Crippen LogP contribution >= 0.6 is 0 Å². The van der Waals surface area contributed by atoms with Crippen LogP contribution in [0.2, 0.25) is 0 Å². The SMILES string of the molecule is Cc1cc(C(C)(C)C)cc(C)c1CC(N)c1ccn(C)n1. The first-order valence-corrected chi connectivity index (χ1v) is 7.54. The van der Waals surface area contributed by atoms with Crippen LogP contribution in [0.5, 0.6) is 0 Å². The van der Waals surface area contributed by atoms with Crippen LogP contribution in [0.25, 0.3) is 0 Å². The molecule has 1 unspecified atom stereocenters. The molecule has 0 aliphatic rings. The highest BCUT2D eigenvalue weighted by molar-refractivity contribution is 5.41. The number of hydrogen-bond acceptors (Lipinski definition) is 2. The highest BCUT2D eigenvalue weighted by atomic mass is 15.3. The van der Waals surface area contributed by atoms with Crippen molar-refractivity contribution in [3.8, 4) is 0 Å². The van der Waals surface area contributed by atoms with Gasteiger partial charge >= 0.3 is 0 Å². The van der Waals surface area contributed by atoms with Gasteiger partial charge in [0.1, 0.15) is 0 Å². The molecule has 0 fully saturated rings. The predicted octanol–water partition coefficient (Wildman–Crippen LogP) is 3.58. The average molecular weight is 285 g/mol. The molecule has 0 aliphatic carbocycles. The van der Waals surface area contributed by atoms with E-state index in [2.05, 4.69) is 51.9 Å². The number of rotatable bonds is 3. The summed E-state index contributed by atoms with van der Waals surface area (Å²) in [7, 11) is 1.92. The quantitative estimate of drug-likeness (QED) is 0.936. The van der Waals surface area contributed by atoms with Crippen molar-refractivity contribution < 1.29 is 0 Å². The second-order valence-corrected chi connectivity index (χ2v) is 7.06. The lowest BCUT2D eigenvalue weighted by molar-refractivity contribution is 0.587. The van der Waals surface area contributed by atoms with E-state index in [1.54, 1.807) is 4.68 Å². The second-order valence-electron chi connectivity index (χ2n) is 7.06. The van der Waals surface area contributed by atoms with Gasteiger partial charge in [0.2, 0.25) is 0 Å². The first-order chi connectivity index (χ1) is 9.68. The summed E-state index contributed by atoms with van der Waals surface area (Å²) in [6.45, 7) is 11.1. The molecule has 0 aliphatic heterocycles. The fourth-order valence-electron chi connectivity index (χ4n) is 2.70. The van der Waals surface area contributed by atoms with Crippen molar-refractivity contribution in [3.05, 3.63) is 52.3 Å². The first kappa shape index (κ1) is 15.8. The van der Waals surface area contributed by atoms with Gasteiger partial charge in [0.15, 0.2) is 0 Å². The Morgan fingerprint density at radius 1 is 1.19 bits per heavy atom. The van der Waals surface area contributed by atoms with Gasteiger partial charge in [-0.3, -0.25) is 4.68 Å². The zero-order valence-electron chi connectivity index (χ0n) is 14.1. The van der Waals surface area contributed by atoms with Gasteiger partial charge in [-0.15, -0.1) is 0 Å². The zero-order valence-corrected chi connectivity index (χ0v) is 14.1. The van der Waals surface area contributed by atoms with Gasteiger partial charge in [0, 0.05) is 13.2 Å². The molecule has 3 heteroatoms. The van der Waals surface area contributed by atoms with Gasteiger partial charge in [0.05, 0.1) is 11.7 Å². The van der Waals surface area contributed by atoms with Crippen LogP contribution in [-0.2, 0) is 18.9 Å². The Bertz CT molecular complexity index is 609. The lowest BCUT2D eigenvalue weighted by atomic mass is 9.83. The van der Waals surface area contributed by atoms with Gasteiger partial charge in [-0.25, -0.2) is 0 Å². The highest BCUT2D eigenvalue weighted by Crippen LogP contribution is 2.28. The number of nitrogens with two attached hydrogens (primary N) is 1. The normalized spacial score (nSPS) is 13.5. The molecule has 1 heterocycles. The first-order valence-electron chi connectivity index (χ1n) is 7.54. The number of hydrogen-bond donors (Lipinski definition) is 1. The van der Waals surface area contributed by atoms with Crippen LogP contribution < -0.4 is 5.73 Å². The molecule has 3 nitrogen and oxygen atoms in total. The van der Waals surface area contributed by atoms with Crippen molar-refractivity contribution in [1.82, 2.24) is 9.78 Å². The minimum atomic E-state index is -0.0518. The molecule has 1 atom stereocenters. The average Bonchev–Trinajstić information content (AvgIpc) is 2.79. The third-order valence-corrected chi connectivity index (χ3v) is 4.10. The maximum absolute atomic E-state index is 6.33. The van der Waals surface area contributed by atoms with E-state index >= 15 is 0 Å². The second kappa shape index (κ2) is 5.64. The Kier molecular flexibility index (Phi) is 4.24. The van der Waals surface area contributed by atoms with Crippen LogP contribution in [0.15, 0.2) is 24.4 Å². The number of aromatic nitrogens is 2. The molecule has 1 aromatic carbocycles. The standard InChI is InChI=1S/C18H27N3/c1-12-9-14(18(3,4)5)10-13(2)15(12)11-16(19)17-7-8-21(6)20-17/h7-10,16H,11,19H2,1-6H3. The number of nitrogens with zero attached hydrogens (tertiary/aromatic N) is 2. The molecule has 2 rings (SSSR count). The third kappa shape index (κ3) is 3.53. The molecule has 0 saturated carbocycles. The van der Waals surface area contributed by atoms with E-state index in [9.17, 15) is 0 Å². The van der Waals surface area contributed by atoms with Gasteiger partial charge in [0.25, 0.3) is 0 Å². The van der Waals surface area contributed by atoms with Crippen molar-refractivity contribution >= 4 is 0 Å². The van der Waals surface area contributed by atoms with E-state index in [0.717, 1.165) is 12.1 Å². The number of benzene rings is 1. The van der Waals surface area contributed by atoms with Crippen molar-refractivity contribution in [2.45, 2.75) is 52.5 Å². The fraction of sp³-hybridized carbons (Fsp3) is 0.500. The minimum Gasteiger partial charge on any atom is -0.322 e. The summed E-state index contributed by atoms with van der Waals surface area (Å²) in [6, 6.07) is 6.55. The Morgan fingerprint density at radius 2 is 1.76 bits per heavy atom. The molecule has 0 spiro atoms. The Morgan fingerprint density at radius 3 is 2.19 bits per heavy atom. The van der Waals surface area contributed by atoms with Crippen molar-refractivity contribution in [2.24, 2.45) is 12.8 Å². The van der Waals surface area contributed by atoms with Gasteiger partial charge in [-0.05, 0) is 54.0 Å². The Hall–Kier alpha value is -1.61. The molecule has 0 saturated heterocycles. The fourth-order valence-corrected chi connectivity index (χ4v) is 2.70. The third-order valence-electron chi connectivity index (χ3n) is 4.10. The lowest BCUT2D eigenvalue weighted by Gasteiger charge is -2.23. The molecular formula is C18H27N3. The summed E-state index contributed by atoms with van der Waals surface area (Å²) < 4.78 is 1.80. The van der Waals surface area contributed by atoms with Gasteiger partial charge in [-0.2, -0.15) is 5.10 Å². The topological polar surface area (TPSA) is 43.8 Å². The summed E-state index contributed by atoms with van der Waals surface area (Å²) in [5.41, 5.74) is 12.8. The summed E-state index contributed by atoms with van der Waals surface area (Å²) >= 11 is 0. The number of aryl methyl sites for hydroxylation is 3. The summed E-state index contributed by atoms with van der Waals surface area (Å²) in [6.07, 6.45) is 2.77. The molecular weight excluding hydrogens is 258 g/mol. The monoisotopic (exact) mass is 285 g/mol. The predicted molar refractivity (Wildman–Crippen MR) is 88.5 cm³/mol. The minimum absolute atomic E-state index is 0.0518. The van der Waals surface area contributed by atoms with E-state index < -0.39 is 0 Å². The van der Waals surface area contributed by atoms with Gasteiger partial charge in [-0.1, -0.05) is 32.9 Å². The van der Waals surface area contributed by atoms with E-state index in [1.165, 1.54) is 22.3 Å². The van der Waals surface area contributed by atoms with Crippen LogP contribution in [-0.4, -0.2) is 9.78 Å². The van der Waals surface area contributed by atoms with Gasteiger partial charge < -0.3 is 5.73 Å². The summed E-state index contributed by atoms with van der Waals surface area (Å²) in [5.74, 6) is 0. The Balaban J connectivity index is 2.28. The molecule has 1 aromatic heterocycles. The molecule has 0 radical (unpaired) electrons. The van der Waals surface area contributed by atoms with E-state index in [0.29, 0.717) is 0 Å². The maximum atomic E-state index is 6.33. The van der Waals surface area contributed by atoms with E-state index in [4.69, 9.17) is 5.73 Å². The maximum Gasteiger partial charge on any atom is 0.0795 e. The van der Waals surface area contributed by atoms with Crippen molar-refractivity contribution in [1.29, 1.82) is 0 Å². The Labute approximate surface area is 128 Å². The largest absolute Gasteiger partial charge is 0.322 e. The molecule has 2 aromatic rings. The van der Waals surface area contributed by atoms with Crippen LogP contribution in [0, 0.1) is 13.8 Å². The summed E-state index contributed by atoms with van der Waals surface area (Å²) in [4.78, 5) is 0. The van der Waals surface area contributed by atoms with Crippen molar-refractivity contribution in [2.75, 3.05) is 0 Å². The van der Waals surface area contributed by atoms with Crippen molar-refractivity contribution in [3.63, 3.8) is 0 Å². The highest BCUT2D eigenvalue weighted by Gasteiger charge is 2.18. The zero-order chi connectivity index (χ0) is 15.8. The van der Waals surface area contributed by atoms with Crippen LogP contribution in [0.3, 0.4) is 0 Å². The van der Waals surface area contributed by atoms with E-state index in [-0.39, 0.29) is 11.5 Å². The molecule has 2 N–H and O–H groups in total. The molecule has 114 valence electrons. The molecule has 21 heavy (non-hydrogen) atoms. The van der Waals surface area contributed by atoms with E-state index in [1.807, 2.05) is 19.3 Å². The molecule has 0 bridgehead atoms. The van der Waals surface area contributed by atoms with Crippen LogP contribution in [0.1, 0.15) is 54.8 Å².